The molecular weight excluding hydrogens is 188 g/mol. The summed E-state index contributed by atoms with van der Waals surface area (Å²) in [5, 5.41) is 0. The molecule has 0 atom stereocenters. The molecule has 0 aromatic heterocycles. The summed E-state index contributed by atoms with van der Waals surface area (Å²) in [6.45, 7) is 3.77. The highest BCUT2D eigenvalue weighted by Crippen LogP contribution is 2.29. The van der Waals surface area contributed by atoms with Gasteiger partial charge in [-0.3, -0.25) is 4.79 Å². The predicted octanol–water partition coefficient (Wildman–Crippen LogP) is 1.62. The summed E-state index contributed by atoms with van der Waals surface area (Å²) in [6, 6.07) is 0. The van der Waals surface area contributed by atoms with Crippen LogP contribution in [0.3, 0.4) is 0 Å². The molecule has 0 unspecified atom stereocenters. The van der Waals surface area contributed by atoms with Gasteiger partial charge in [0, 0.05) is 19.5 Å². The third-order valence-electron chi connectivity index (χ3n) is 3.46. The molecular formula is C12H24N2O. The summed E-state index contributed by atoms with van der Waals surface area (Å²) in [6.07, 6.45) is 5.38. The highest BCUT2D eigenvalue weighted by atomic mass is 16.2. The molecule has 0 aliphatic heterocycles. The van der Waals surface area contributed by atoms with E-state index in [2.05, 4.69) is 6.92 Å². The lowest BCUT2D eigenvalue weighted by Gasteiger charge is -2.29. The Labute approximate surface area is 93.0 Å². The van der Waals surface area contributed by atoms with Gasteiger partial charge >= 0.3 is 0 Å². The van der Waals surface area contributed by atoms with E-state index >= 15 is 0 Å². The van der Waals surface area contributed by atoms with Gasteiger partial charge in [-0.1, -0.05) is 6.92 Å². The van der Waals surface area contributed by atoms with Gasteiger partial charge in [-0.15, -0.1) is 0 Å². The summed E-state index contributed by atoms with van der Waals surface area (Å²) in [5.41, 5.74) is 5.64. The molecule has 0 spiro atoms. The van der Waals surface area contributed by atoms with Gasteiger partial charge in [0.1, 0.15) is 0 Å². The molecule has 1 fully saturated rings. The van der Waals surface area contributed by atoms with Crippen molar-refractivity contribution in [1.82, 2.24) is 4.90 Å². The van der Waals surface area contributed by atoms with E-state index in [1.54, 1.807) is 0 Å². The quantitative estimate of drug-likeness (QED) is 0.769. The molecule has 1 aliphatic carbocycles. The molecule has 0 aromatic rings. The maximum absolute atomic E-state index is 12.0. The number of carbonyl (C=O) groups excluding carboxylic acids is 1. The minimum atomic E-state index is 0.268. The van der Waals surface area contributed by atoms with Crippen molar-refractivity contribution in [3.63, 3.8) is 0 Å². The molecule has 0 heterocycles. The molecule has 3 nitrogen and oxygen atoms in total. The topological polar surface area (TPSA) is 46.3 Å². The summed E-state index contributed by atoms with van der Waals surface area (Å²) < 4.78 is 0. The number of amides is 1. The number of rotatable bonds is 4. The van der Waals surface area contributed by atoms with Crippen LogP contribution in [0.25, 0.3) is 0 Å². The molecule has 1 saturated carbocycles. The zero-order valence-corrected chi connectivity index (χ0v) is 10.0. The average Bonchev–Trinajstić information content (AvgIpc) is 2.28. The van der Waals surface area contributed by atoms with Crippen LogP contribution in [0.4, 0.5) is 0 Å². The van der Waals surface area contributed by atoms with E-state index in [1.807, 2.05) is 11.9 Å². The Morgan fingerprint density at radius 1 is 1.33 bits per heavy atom. The minimum Gasteiger partial charge on any atom is -0.346 e. The standard InChI is InChI=1S/C12H24N2O/c1-3-8-14(2)12(15)11-6-4-10(9-13)5-7-11/h10-11H,3-9,13H2,1-2H3. The zero-order chi connectivity index (χ0) is 11.3. The summed E-state index contributed by atoms with van der Waals surface area (Å²) in [4.78, 5) is 13.9. The van der Waals surface area contributed by atoms with Gasteiger partial charge in [0.25, 0.3) is 0 Å². The van der Waals surface area contributed by atoms with Crippen LogP contribution in [-0.2, 0) is 4.79 Å². The Morgan fingerprint density at radius 3 is 2.40 bits per heavy atom. The number of hydrogen-bond donors (Lipinski definition) is 1. The summed E-state index contributed by atoms with van der Waals surface area (Å²) in [5.74, 6) is 1.27. The van der Waals surface area contributed by atoms with Crippen molar-refractivity contribution in [2.75, 3.05) is 20.1 Å². The van der Waals surface area contributed by atoms with Gasteiger partial charge in [0.15, 0.2) is 0 Å². The predicted molar refractivity (Wildman–Crippen MR) is 62.4 cm³/mol. The second kappa shape index (κ2) is 6.11. The lowest BCUT2D eigenvalue weighted by Crippen LogP contribution is -2.36. The smallest absolute Gasteiger partial charge is 0.225 e. The first kappa shape index (κ1) is 12.5. The molecule has 1 aliphatic rings. The number of nitrogens with two attached hydrogens (primary N) is 1. The molecule has 1 amide bonds. The van der Waals surface area contributed by atoms with E-state index in [1.165, 1.54) is 0 Å². The average molecular weight is 212 g/mol. The van der Waals surface area contributed by atoms with Crippen LogP contribution in [0.2, 0.25) is 0 Å². The van der Waals surface area contributed by atoms with Gasteiger partial charge in [0.05, 0.1) is 0 Å². The van der Waals surface area contributed by atoms with Crippen molar-refractivity contribution in [3.8, 4) is 0 Å². The second-order valence-electron chi connectivity index (χ2n) is 4.71. The van der Waals surface area contributed by atoms with Crippen molar-refractivity contribution in [1.29, 1.82) is 0 Å². The fourth-order valence-electron chi connectivity index (χ4n) is 2.40. The van der Waals surface area contributed by atoms with Crippen LogP contribution >= 0.6 is 0 Å². The lowest BCUT2D eigenvalue weighted by molar-refractivity contribution is -0.135. The fourth-order valence-corrected chi connectivity index (χ4v) is 2.40. The molecule has 3 heteroatoms. The van der Waals surface area contributed by atoms with E-state index < -0.39 is 0 Å². The maximum atomic E-state index is 12.0. The highest BCUT2D eigenvalue weighted by molar-refractivity contribution is 5.78. The number of hydrogen-bond acceptors (Lipinski definition) is 2. The molecule has 0 saturated heterocycles. The largest absolute Gasteiger partial charge is 0.346 e. The van der Waals surface area contributed by atoms with Crippen LogP contribution in [0.1, 0.15) is 39.0 Å². The zero-order valence-electron chi connectivity index (χ0n) is 10.0. The number of carbonyl (C=O) groups is 1. The first-order chi connectivity index (χ1) is 7.19. The summed E-state index contributed by atoms with van der Waals surface area (Å²) >= 11 is 0. The van der Waals surface area contributed by atoms with Gasteiger partial charge in [0.2, 0.25) is 5.91 Å². The Balaban J connectivity index is 2.35. The van der Waals surface area contributed by atoms with Crippen LogP contribution in [-0.4, -0.2) is 30.9 Å². The van der Waals surface area contributed by atoms with Crippen LogP contribution in [0.15, 0.2) is 0 Å². The fraction of sp³-hybridized carbons (Fsp3) is 0.917. The highest BCUT2D eigenvalue weighted by Gasteiger charge is 2.27. The molecule has 1 rings (SSSR count). The molecule has 0 aromatic carbocycles. The van der Waals surface area contributed by atoms with Crippen molar-refractivity contribution >= 4 is 5.91 Å². The van der Waals surface area contributed by atoms with E-state index in [4.69, 9.17) is 5.73 Å². The Bertz CT molecular complexity index is 198. The van der Waals surface area contributed by atoms with Gasteiger partial charge in [-0.25, -0.2) is 0 Å². The Hall–Kier alpha value is -0.570. The van der Waals surface area contributed by atoms with Crippen molar-refractivity contribution in [3.05, 3.63) is 0 Å². The van der Waals surface area contributed by atoms with Crippen molar-refractivity contribution < 1.29 is 4.79 Å². The second-order valence-corrected chi connectivity index (χ2v) is 4.71. The SMILES string of the molecule is CCCN(C)C(=O)C1CCC(CN)CC1. The molecule has 88 valence electrons. The van der Waals surface area contributed by atoms with E-state index in [0.29, 0.717) is 11.8 Å². The van der Waals surface area contributed by atoms with Gasteiger partial charge in [-0.05, 0) is 44.6 Å². The third-order valence-corrected chi connectivity index (χ3v) is 3.46. The van der Waals surface area contributed by atoms with Crippen molar-refractivity contribution in [2.45, 2.75) is 39.0 Å². The number of nitrogens with zero attached hydrogens (tertiary/aromatic N) is 1. The van der Waals surface area contributed by atoms with Gasteiger partial charge < -0.3 is 10.6 Å². The Morgan fingerprint density at radius 2 is 1.93 bits per heavy atom. The van der Waals surface area contributed by atoms with Crippen LogP contribution < -0.4 is 5.73 Å². The van der Waals surface area contributed by atoms with Crippen molar-refractivity contribution in [2.24, 2.45) is 17.6 Å². The van der Waals surface area contributed by atoms with Crippen LogP contribution in [0, 0.1) is 11.8 Å². The van der Waals surface area contributed by atoms with E-state index in [-0.39, 0.29) is 5.92 Å². The Kier molecular flexibility index (Phi) is 5.09. The lowest BCUT2D eigenvalue weighted by atomic mass is 9.81. The van der Waals surface area contributed by atoms with E-state index in [0.717, 1.165) is 45.2 Å². The minimum absolute atomic E-state index is 0.268. The van der Waals surface area contributed by atoms with Gasteiger partial charge in [-0.2, -0.15) is 0 Å². The molecule has 0 radical (unpaired) electrons. The maximum Gasteiger partial charge on any atom is 0.225 e. The first-order valence-corrected chi connectivity index (χ1v) is 6.14. The normalized spacial score (nSPS) is 26.3. The third kappa shape index (κ3) is 3.49. The molecule has 2 N–H and O–H groups in total. The molecule has 15 heavy (non-hydrogen) atoms. The van der Waals surface area contributed by atoms with Crippen LogP contribution in [0.5, 0.6) is 0 Å². The first-order valence-electron chi connectivity index (χ1n) is 6.14. The monoisotopic (exact) mass is 212 g/mol. The van der Waals surface area contributed by atoms with E-state index in [9.17, 15) is 4.79 Å². The molecule has 0 bridgehead atoms. The summed E-state index contributed by atoms with van der Waals surface area (Å²) in [7, 11) is 1.92.